The maximum atomic E-state index is 5.84. The third-order valence-electron chi connectivity index (χ3n) is 3.25. The van der Waals surface area contributed by atoms with Gasteiger partial charge in [-0.05, 0) is 31.3 Å². The second-order valence-corrected chi connectivity index (χ2v) is 5.35. The molecule has 0 saturated heterocycles. The van der Waals surface area contributed by atoms with Crippen LogP contribution in [0.4, 0.5) is 10.8 Å². The molecule has 1 saturated carbocycles. The highest BCUT2D eigenvalue weighted by Crippen LogP contribution is 2.25. The molecule has 0 unspecified atom stereocenters. The fourth-order valence-electron chi connectivity index (χ4n) is 2.13. The summed E-state index contributed by atoms with van der Waals surface area (Å²) in [6.45, 7) is 3.59. The van der Waals surface area contributed by atoms with Crippen molar-refractivity contribution in [1.82, 2.24) is 4.37 Å². The molecule has 2 rings (SSSR count). The first-order valence-corrected chi connectivity index (χ1v) is 7.12. The zero-order valence-corrected chi connectivity index (χ0v) is 11.2. The Morgan fingerprint density at radius 3 is 2.82 bits per heavy atom. The second kappa shape index (κ2) is 6.21. The number of nitrogen functional groups attached to an aromatic ring is 1. The lowest BCUT2D eigenvalue weighted by Gasteiger charge is -2.22. The van der Waals surface area contributed by atoms with E-state index in [-0.39, 0.29) is 0 Å². The Hall–Kier alpha value is -0.810. The van der Waals surface area contributed by atoms with Gasteiger partial charge in [0.25, 0.3) is 0 Å². The van der Waals surface area contributed by atoms with Crippen LogP contribution in [-0.4, -0.2) is 23.6 Å². The van der Waals surface area contributed by atoms with E-state index in [0.29, 0.717) is 11.9 Å². The van der Waals surface area contributed by atoms with Crippen LogP contribution in [0, 0.1) is 6.92 Å². The molecule has 1 heterocycles. The Morgan fingerprint density at radius 1 is 1.41 bits per heavy atom. The molecular formula is C12H21N3OS. The molecule has 1 aromatic rings. The first kappa shape index (κ1) is 12.6. The van der Waals surface area contributed by atoms with Crippen LogP contribution in [0.25, 0.3) is 0 Å². The Bertz CT molecular complexity index is 348. The highest BCUT2D eigenvalue weighted by atomic mass is 32.1. The van der Waals surface area contributed by atoms with Crippen molar-refractivity contribution in [2.45, 2.75) is 45.1 Å². The lowest BCUT2D eigenvalue weighted by Crippen LogP contribution is -2.20. The molecule has 0 atom stereocenters. The molecule has 0 radical (unpaired) electrons. The molecule has 3 N–H and O–H groups in total. The van der Waals surface area contributed by atoms with Crippen LogP contribution < -0.4 is 11.1 Å². The summed E-state index contributed by atoms with van der Waals surface area (Å²) in [5.41, 5.74) is 6.74. The Balaban J connectivity index is 1.64. The van der Waals surface area contributed by atoms with Gasteiger partial charge in [-0.2, -0.15) is 4.37 Å². The number of rotatable bonds is 5. The van der Waals surface area contributed by atoms with Crippen LogP contribution in [0.1, 0.15) is 37.7 Å². The summed E-state index contributed by atoms with van der Waals surface area (Å²) in [6.07, 6.45) is 6.96. The van der Waals surface area contributed by atoms with Gasteiger partial charge in [0.05, 0.1) is 12.7 Å². The predicted molar refractivity (Wildman–Crippen MR) is 72.6 cm³/mol. The molecule has 96 valence electrons. The number of hydrogen-bond donors (Lipinski definition) is 2. The van der Waals surface area contributed by atoms with Crippen molar-refractivity contribution in [3.8, 4) is 0 Å². The molecule has 5 heteroatoms. The Kier molecular flexibility index (Phi) is 4.62. The van der Waals surface area contributed by atoms with Crippen LogP contribution >= 0.6 is 11.5 Å². The van der Waals surface area contributed by atoms with E-state index in [9.17, 15) is 0 Å². The van der Waals surface area contributed by atoms with Crippen molar-refractivity contribution >= 4 is 22.4 Å². The number of anilines is 2. The summed E-state index contributed by atoms with van der Waals surface area (Å²) < 4.78 is 9.94. The minimum absolute atomic E-state index is 0.484. The first-order valence-electron chi connectivity index (χ1n) is 6.34. The van der Waals surface area contributed by atoms with Gasteiger partial charge in [0.1, 0.15) is 10.8 Å². The van der Waals surface area contributed by atoms with Gasteiger partial charge in [0, 0.05) is 12.1 Å². The number of ether oxygens (including phenoxy) is 1. The van der Waals surface area contributed by atoms with Gasteiger partial charge < -0.3 is 15.8 Å². The van der Waals surface area contributed by atoms with Crippen molar-refractivity contribution < 1.29 is 4.74 Å². The van der Waals surface area contributed by atoms with Crippen LogP contribution in [0.15, 0.2) is 0 Å². The maximum Gasteiger partial charge on any atom is 0.142 e. The number of nitrogens with zero attached hydrogens (tertiary/aromatic N) is 1. The number of nitrogens with one attached hydrogen (secondary N) is 1. The van der Waals surface area contributed by atoms with Crippen molar-refractivity contribution in [2.75, 3.05) is 24.2 Å². The van der Waals surface area contributed by atoms with Gasteiger partial charge in [-0.1, -0.05) is 19.3 Å². The van der Waals surface area contributed by atoms with Crippen molar-refractivity contribution in [3.05, 3.63) is 5.56 Å². The zero-order valence-electron chi connectivity index (χ0n) is 10.4. The molecule has 0 bridgehead atoms. The highest BCUT2D eigenvalue weighted by molar-refractivity contribution is 7.10. The minimum Gasteiger partial charge on any atom is -0.383 e. The average Bonchev–Trinajstić information content (AvgIpc) is 2.67. The molecule has 0 aromatic carbocycles. The summed E-state index contributed by atoms with van der Waals surface area (Å²) >= 11 is 1.42. The maximum absolute atomic E-state index is 5.84. The smallest absolute Gasteiger partial charge is 0.142 e. The molecular weight excluding hydrogens is 234 g/mol. The Morgan fingerprint density at radius 2 is 2.18 bits per heavy atom. The number of nitrogens with two attached hydrogens (primary N) is 1. The molecule has 1 fully saturated rings. The van der Waals surface area contributed by atoms with Crippen LogP contribution in [0.2, 0.25) is 0 Å². The van der Waals surface area contributed by atoms with E-state index >= 15 is 0 Å². The van der Waals surface area contributed by atoms with E-state index < -0.39 is 0 Å². The summed E-state index contributed by atoms with van der Waals surface area (Å²) in [4.78, 5) is 0. The fourth-order valence-corrected chi connectivity index (χ4v) is 2.87. The number of hydrogen-bond acceptors (Lipinski definition) is 5. The molecule has 0 amide bonds. The predicted octanol–water partition coefficient (Wildman–Crippen LogP) is 2.79. The van der Waals surface area contributed by atoms with E-state index in [1.54, 1.807) is 0 Å². The minimum atomic E-state index is 0.484. The van der Waals surface area contributed by atoms with E-state index in [1.807, 2.05) is 6.92 Å². The van der Waals surface area contributed by atoms with Crippen molar-refractivity contribution in [2.24, 2.45) is 0 Å². The SMILES string of the molecule is Cc1c(N)nsc1NCCOC1CCCCC1. The second-order valence-electron chi connectivity index (χ2n) is 4.58. The third kappa shape index (κ3) is 3.57. The topological polar surface area (TPSA) is 60.2 Å². The largest absolute Gasteiger partial charge is 0.383 e. The summed E-state index contributed by atoms with van der Waals surface area (Å²) in [5.74, 6) is 0.630. The third-order valence-corrected chi connectivity index (χ3v) is 4.17. The van der Waals surface area contributed by atoms with Gasteiger partial charge in [-0.15, -0.1) is 0 Å². The van der Waals surface area contributed by atoms with Gasteiger partial charge in [-0.25, -0.2) is 0 Å². The average molecular weight is 255 g/mol. The number of aromatic nitrogens is 1. The zero-order chi connectivity index (χ0) is 12.1. The Labute approximate surface area is 107 Å². The molecule has 1 aliphatic rings. The van der Waals surface area contributed by atoms with Crippen LogP contribution in [0.3, 0.4) is 0 Å². The highest BCUT2D eigenvalue weighted by Gasteiger charge is 2.13. The normalized spacial score (nSPS) is 17.2. The van der Waals surface area contributed by atoms with Gasteiger partial charge in [0.2, 0.25) is 0 Å². The van der Waals surface area contributed by atoms with Gasteiger partial charge in [-0.3, -0.25) is 0 Å². The van der Waals surface area contributed by atoms with E-state index in [2.05, 4.69) is 9.69 Å². The summed E-state index contributed by atoms with van der Waals surface area (Å²) in [7, 11) is 0. The lowest BCUT2D eigenvalue weighted by molar-refractivity contribution is 0.0348. The monoisotopic (exact) mass is 255 g/mol. The standard InChI is InChI=1S/C12H21N3OS/c1-9-11(13)15-17-12(9)14-7-8-16-10-5-3-2-4-6-10/h10,14H,2-8H2,1H3,(H2,13,15). The quantitative estimate of drug-likeness (QED) is 0.794. The lowest BCUT2D eigenvalue weighted by atomic mass is 9.98. The van der Waals surface area contributed by atoms with Crippen molar-refractivity contribution in [1.29, 1.82) is 0 Å². The van der Waals surface area contributed by atoms with E-state index in [0.717, 1.165) is 23.7 Å². The van der Waals surface area contributed by atoms with E-state index in [1.165, 1.54) is 43.6 Å². The van der Waals surface area contributed by atoms with E-state index in [4.69, 9.17) is 10.5 Å². The van der Waals surface area contributed by atoms with Crippen LogP contribution in [-0.2, 0) is 4.74 Å². The first-order chi connectivity index (χ1) is 8.27. The molecule has 1 aromatic heterocycles. The molecule has 1 aliphatic carbocycles. The fraction of sp³-hybridized carbons (Fsp3) is 0.750. The molecule has 17 heavy (non-hydrogen) atoms. The van der Waals surface area contributed by atoms with Gasteiger partial charge >= 0.3 is 0 Å². The molecule has 0 spiro atoms. The van der Waals surface area contributed by atoms with Crippen molar-refractivity contribution in [3.63, 3.8) is 0 Å². The molecule has 4 nitrogen and oxygen atoms in total. The summed E-state index contributed by atoms with van der Waals surface area (Å²) in [6, 6.07) is 0. The van der Waals surface area contributed by atoms with Crippen LogP contribution in [0.5, 0.6) is 0 Å². The van der Waals surface area contributed by atoms with Gasteiger partial charge in [0.15, 0.2) is 0 Å². The molecule has 0 aliphatic heterocycles. The summed E-state index contributed by atoms with van der Waals surface area (Å²) in [5, 5.41) is 4.39.